The van der Waals surface area contributed by atoms with Crippen LogP contribution in [-0.4, -0.2) is 115 Å². The molecule has 19 aromatic rings. The Labute approximate surface area is 926 Å². The van der Waals surface area contributed by atoms with Gasteiger partial charge >= 0.3 is 0 Å². The molecule has 141 heavy (non-hydrogen) atoms. The van der Waals surface area contributed by atoms with Gasteiger partial charge in [-0.1, -0.05) is 339 Å². The molecule has 0 saturated heterocycles. The van der Waals surface area contributed by atoms with E-state index in [1.807, 2.05) is 34.0 Å². The highest BCUT2D eigenvalue weighted by Gasteiger charge is 2.53. The van der Waals surface area contributed by atoms with Gasteiger partial charge in [0.15, 0.2) is 0 Å². The SMILES string of the molecule is C[Si](C)(c1cc([Si](C)(C)c2ccc(-c3ccc([Si](C)(C)[Si](C)(C)c4ccc(-c5ccc([Si](C)(C)[Si](C)(C)c6ccc(-c7cccs7)s6)s5)s4)s3)s2)cc([Si](C)(C)c2ccc(-c3ccc([Si](C)(C)[Si](C)(C)c4ccc(-c5ccc([Si](C)(C)[Si](C)(C)c6ccc(-c7cccs7)s6)s5)s4)s3)s2)c1)c1ccc(-c2ccc([Si](C)(C)[Si](C)(C)c3ccc(-c4ccc([Si](C)(C)[Si](C)(C)c5ccc(-c6cccs6)s5)s4)s3)s2)s1. The van der Waals surface area contributed by atoms with Crippen molar-refractivity contribution in [2.45, 2.75) is 196 Å². The van der Waals surface area contributed by atoms with Crippen molar-refractivity contribution < 1.29 is 0 Å². The Morgan fingerprint density at radius 1 is 0.121 bits per heavy atom. The van der Waals surface area contributed by atoms with Crippen LogP contribution < -0.4 is 83.1 Å². The fourth-order valence-corrected chi connectivity index (χ4v) is 132. The van der Waals surface area contributed by atoms with Crippen LogP contribution in [0.15, 0.2) is 253 Å². The van der Waals surface area contributed by atoms with Gasteiger partial charge in [0.25, 0.3) is 0 Å². The molecule has 0 saturated carbocycles. The number of thiophene rings is 18. The lowest BCUT2D eigenvalue weighted by Crippen LogP contribution is -2.67. The number of rotatable bonds is 33. The smallest absolute Gasteiger partial charge is 0.124 e. The first kappa shape index (κ1) is 107. The summed E-state index contributed by atoms with van der Waals surface area (Å²) in [6.45, 7) is 80.6. The number of hydrogen-bond acceptors (Lipinski definition) is 18. The molecule has 0 bridgehead atoms. The van der Waals surface area contributed by atoms with Gasteiger partial charge in [0.2, 0.25) is 0 Å². The van der Waals surface area contributed by atoms with Gasteiger partial charge in [0, 0.05) is 87.8 Å². The monoisotopic (exact) mass is 2420 g/mol. The molecule has 0 radical (unpaired) electrons. The summed E-state index contributed by atoms with van der Waals surface area (Å²) in [5.41, 5.74) is 0. The summed E-state index contributed by atoms with van der Waals surface area (Å²) in [5, 5.41) is 11.4. The zero-order valence-corrected chi connectivity index (χ0v) is 117. The minimum atomic E-state index is -2.34. The topological polar surface area (TPSA) is 0 Å². The van der Waals surface area contributed by atoms with Crippen LogP contribution in [0.1, 0.15) is 0 Å². The first-order chi connectivity index (χ1) is 66.1. The van der Waals surface area contributed by atoms with E-state index in [1.54, 1.807) is 83.1 Å². The maximum atomic E-state index is 2.77. The molecule has 0 aliphatic heterocycles. The van der Waals surface area contributed by atoms with Crippen LogP contribution in [0.3, 0.4) is 0 Å². The van der Waals surface area contributed by atoms with Gasteiger partial charge in [-0.05, 0) is 193 Å². The molecule has 0 aliphatic carbocycles. The van der Waals surface area contributed by atoms with Crippen LogP contribution in [-0.2, 0) is 0 Å². The average Bonchev–Trinajstić information content (AvgIpc) is 1.44. The third-order valence-corrected chi connectivity index (χ3v) is 197. The second-order valence-electron chi connectivity index (χ2n) is 46.6. The summed E-state index contributed by atoms with van der Waals surface area (Å²) >= 11 is 37.2. The maximum Gasteiger partial charge on any atom is 0.124 e. The van der Waals surface area contributed by atoms with E-state index < -0.39 is 115 Å². The van der Waals surface area contributed by atoms with Crippen molar-refractivity contribution in [2.75, 3.05) is 0 Å². The quantitative estimate of drug-likeness (QED) is 0.0360. The van der Waals surface area contributed by atoms with Gasteiger partial charge < -0.3 is 0 Å². The van der Waals surface area contributed by atoms with Crippen molar-refractivity contribution in [1.82, 2.24) is 0 Å². The van der Waals surface area contributed by atoms with E-state index in [0.717, 1.165) is 0 Å². The van der Waals surface area contributed by atoms with Crippen LogP contribution in [0.2, 0.25) is 196 Å². The Morgan fingerprint density at radius 3 is 0.340 bits per heavy atom. The van der Waals surface area contributed by atoms with Crippen LogP contribution in [0, 0.1) is 0 Å². The van der Waals surface area contributed by atoms with E-state index in [4.69, 9.17) is 0 Å². The summed E-state index contributed by atoms with van der Waals surface area (Å²) in [5.74, 6) is 0. The van der Waals surface area contributed by atoms with Crippen LogP contribution in [0.5, 0.6) is 0 Å². The number of hydrogen-bond donors (Lipinski definition) is 0. The Balaban J connectivity index is 0.588. The van der Waals surface area contributed by atoms with Crippen molar-refractivity contribution in [3.63, 3.8) is 0 Å². The van der Waals surface area contributed by atoms with E-state index in [2.05, 4.69) is 619 Å². The second-order valence-corrected chi connectivity index (χ2v) is 175. The fourth-order valence-electron chi connectivity index (χ4n) is 19.2. The molecule has 0 fully saturated rings. The molecule has 0 spiro atoms. The van der Waals surface area contributed by atoms with Gasteiger partial charge in [0.1, 0.15) is 24.2 Å². The zero-order valence-electron chi connectivity index (χ0n) is 87.1. The first-order valence-electron chi connectivity index (χ1n) is 49.0. The van der Waals surface area contributed by atoms with E-state index in [0.29, 0.717) is 0 Å². The molecule has 18 aromatic heterocycles. The molecule has 33 heteroatoms. The normalized spacial score (nSPS) is 13.7. The van der Waals surface area contributed by atoms with Crippen LogP contribution in [0.4, 0.5) is 0 Å². The predicted molar refractivity (Wildman–Crippen MR) is 711 cm³/mol. The fraction of sp³-hybridized carbons (Fsp3) is 0.278. The molecule has 0 amide bonds. The molecule has 0 atom stereocenters. The molecule has 0 aliphatic rings. The van der Waals surface area contributed by atoms with Crippen molar-refractivity contribution in [3.8, 4) is 87.8 Å². The van der Waals surface area contributed by atoms with Crippen LogP contribution >= 0.6 is 204 Å². The van der Waals surface area contributed by atoms with Gasteiger partial charge in [-0.2, -0.15) is 0 Å². The first-order valence-corrected chi connectivity index (χ1v) is 115. The lowest BCUT2D eigenvalue weighted by atomic mass is 10.3. The Hall–Kier alpha value is -2.93. The molecule has 732 valence electrons. The van der Waals surface area contributed by atoms with Gasteiger partial charge in [0.05, 0.1) is 91.1 Å². The van der Waals surface area contributed by atoms with Crippen molar-refractivity contribution in [2.24, 2.45) is 0 Å². The van der Waals surface area contributed by atoms with Crippen molar-refractivity contribution >= 4 is 402 Å². The molecule has 0 nitrogen and oxygen atoms in total. The standard InChI is InChI=1S/C108H132S18Si15/c1-127(2,94-52-37-82(112-94)85-43-58-100(118-85)136(19,20)139(25,26)106-64-49-91(124-106)88-46-61-103(121-88)133(13,14)130(7,8)97-55-40-79(115-97)76-34-31-67-109-76)73-70-74(128(3,4)95-53-38-83(113-95)86-44-59-101(119-86)137(21,22)140(27,28)107-65-50-92(125-107)89-47-62-104(122-89)134(15,16)131(9,10)98-56-41-80(116-98)77-35-32-68-110-77)72-75(71-73)129(5,6)96-54-39-84(114-96)87-45-60-102(120-87)138(23,24)141(29,30)108-66-51-93(126-108)90-48-63-105(123-90)135(17,18)132(11,12)99-57-42-81(117-99)78-36-33-69-111-78/h31-72H,1-30H3. The molecule has 18 heterocycles. The third kappa shape index (κ3) is 19.0. The van der Waals surface area contributed by atoms with E-state index >= 15 is 0 Å². The average molecular weight is 2430 g/mol. The van der Waals surface area contributed by atoms with E-state index in [9.17, 15) is 0 Å². The Morgan fingerprint density at radius 2 is 0.227 bits per heavy atom. The summed E-state index contributed by atoms with van der Waals surface area (Å²) in [6.07, 6.45) is 0. The highest BCUT2D eigenvalue weighted by molar-refractivity contribution is 7.65. The molecule has 0 unspecified atom stereocenters. The number of benzene rings is 1. The summed E-state index contributed by atoms with van der Waals surface area (Å²) < 4.78 is 24.6. The van der Waals surface area contributed by atoms with E-state index in [1.165, 1.54) is 87.8 Å². The lowest BCUT2D eigenvalue weighted by molar-refractivity contribution is 1.71. The van der Waals surface area contributed by atoms with Gasteiger partial charge in [-0.25, -0.2) is 0 Å². The predicted octanol–water partition coefficient (Wildman–Crippen LogP) is 29.9. The Kier molecular flexibility index (Phi) is 29.5. The molecule has 0 N–H and O–H groups in total. The highest BCUT2D eigenvalue weighted by Crippen LogP contribution is 2.45. The second kappa shape index (κ2) is 39.0. The third-order valence-electron chi connectivity index (χ3n) is 34.6. The Bertz CT molecular complexity index is 6990. The molecular weight excluding hydrogens is 2300 g/mol. The van der Waals surface area contributed by atoms with Gasteiger partial charge in [-0.3, -0.25) is 0 Å². The van der Waals surface area contributed by atoms with Gasteiger partial charge in [-0.15, -0.1) is 204 Å². The largest absolute Gasteiger partial charge is 0.144 e. The zero-order chi connectivity index (χ0) is 101. The maximum absolute atomic E-state index is 2.77. The minimum absolute atomic E-state index is 1.40. The summed E-state index contributed by atoms with van der Waals surface area (Å²) in [6, 6.07) is 97.1. The molecular formula is C108H132S18Si15. The van der Waals surface area contributed by atoms with E-state index in [-0.39, 0.29) is 0 Å². The summed E-state index contributed by atoms with van der Waals surface area (Å²) in [7, 11) is -29.4. The highest BCUT2D eigenvalue weighted by atomic mass is 32.2. The minimum Gasteiger partial charge on any atom is -0.144 e. The molecule has 1 aromatic carbocycles. The van der Waals surface area contributed by atoms with Crippen LogP contribution in [0.25, 0.3) is 87.8 Å². The lowest BCUT2D eigenvalue weighted by Gasteiger charge is -2.37. The summed E-state index contributed by atoms with van der Waals surface area (Å²) in [4.78, 5) is 25.9. The molecule has 19 rings (SSSR count). The van der Waals surface area contributed by atoms with Crippen molar-refractivity contribution in [3.05, 3.63) is 253 Å². The van der Waals surface area contributed by atoms with Crippen molar-refractivity contribution in [1.29, 1.82) is 0 Å².